The summed E-state index contributed by atoms with van der Waals surface area (Å²) in [5.41, 5.74) is 3.17. The Morgan fingerprint density at radius 2 is 1.76 bits per heavy atom. The molecule has 176 valence electrons. The Balaban J connectivity index is 1.80. The number of fused-ring (bicyclic) bond motifs is 1. The minimum Gasteiger partial charge on any atom is -0.497 e. The normalized spacial score (nSPS) is 11.2. The first kappa shape index (κ1) is 24.9. The maximum atomic E-state index is 13.3. The number of aromatic amines is 1. The van der Waals surface area contributed by atoms with Crippen molar-refractivity contribution in [2.45, 2.75) is 37.7 Å². The Kier molecular flexibility index (Phi) is 8.64. The van der Waals surface area contributed by atoms with Crippen molar-refractivity contribution in [2.75, 3.05) is 20.2 Å². The molecular formula is C25H29Cl2N3O3. The van der Waals surface area contributed by atoms with Crippen molar-refractivity contribution in [1.82, 2.24) is 14.8 Å². The van der Waals surface area contributed by atoms with E-state index >= 15 is 0 Å². The van der Waals surface area contributed by atoms with Gasteiger partial charge < -0.3 is 19.5 Å². The number of ether oxygens (including phenoxy) is 1. The molecule has 0 saturated carbocycles. The van der Waals surface area contributed by atoms with Gasteiger partial charge in [-0.25, -0.2) is 0 Å². The number of aromatic nitrogens is 1. The molecule has 0 unspecified atom stereocenters. The number of nitrogens with zero attached hydrogens (tertiary/aromatic N) is 2. The van der Waals surface area contributed by atoms with E-state index in [0.717, 1.165) is 27.8 Å². The third kappa shape index (κ3) is 6.42. The highest BCUT2D eigenvalue weighted by Crippen LogP contribution is 2.20. The van der Waals surface area contributed by atoms with Crippen LogP contribution in [0.15, 0.2) is 54.7 Å². The van der Waals surface area contributed by atoms with Gasteiger partial charge in [-0.15, -0.1) is 0 Å². The standard InChI is InChI=1S/C25H29Cl2N3O3/c1-17(2)30(25(32)24(26)27)16-23(31)29(15-18-8-10-20(33-3)11-9-18)13-12-19-14-28-22-7-5-4-6-21(19)22/h4-11,14,17,24,28H,12-13,15-16H2,1-3H3. The second-order valence-electron chi connectivity index (χ2n) is 8.13. The van der Waals surface area contributed by atoms with Gasteiger partial charge in [-0.2, -0.15) is 0 Å². The zero-order chi connectivity index (χ0) is 24.0. The summed E-state index contributed by atoms with van der Waals surface area (Å²) >= 11 is 11.6. The van der Waals surface area contributed by atoms with Crippen LogP contribution in [-0.4, -0.2) is 57.7 Å². The monoisotopic (exact) mass is 489 g/mol. The largest absolute Gasteiger partial charge is 0.497 e. The number of para-hydroxylation sites is 1. The van der Waals surface area contributed by atoms with E-state index in [1.165, 1.54) is 4.90 Å². The summed E-state index contributed by atoms with van der Waals surface area (Å²) in [5, 5.41) is 1.14. The third-order valence-electron chi connectivity index (χ3n) is 5.61. The number of rotatable bonds is 10. The highest BCUT2D eigenvalue weighted by atomic mass is 35.5. The quantitative estimate of drug-likeness (QED) is 0.416. The van der Waals surface area contributed by atoms with Crippen LogP contribution in [0.25, 0.3) is 10.9 Å². The van der Waals surface area contributed by atoms with Crippen molar-refractivity contribution in [3.63, 3.8) is 0 Å². The molecule has 1 aromatic heterocycles. The molecule has 1 N–H and O–H groups in total. The lowest BCUT2D eigenvalue weighted by Gasteiger charge is -2.30. The molecule has 1 heterocycles. The molecule has 0 saturated heterocycles. The topological polar surface area (TPSA) is 65.6 Å². The molecule has 3 rings (SSSR count). The molecular weight excluding hydrogens is 461 g/mol. The van der Waals surface area contributed by atoms with Crippen LogP contribution in [0.4, 0.5) is 0 Å². The minimum atomic E-state index is -1.21. The lowest BCUT2D eigenvalue weighted by atomic mass is 10.1. The lowest BCUT2D eigenvalue weighted by Crippen LogP contribution is -2.47. The molecule has 0 aliphatic rings. The van der Waals surface area contributed by atoms with Gasteiger partial charge in [-0.3, -0.25) is 9.59 Å². The van der Waals surface area contributed by atoms with Gasteiger partial charge in [0.2, 0.25) is 5.91 Å². The number of halogens is 2. The second-order valence-corrected chi connectivity index (χ2v) is 9.23. The predicted molar refractivity (Wildman–Crippen MR) is 133 cm³/mol. The molecule has 0 aliphatic carbocycles. The fourth-order valence-electron chi connectivity index (χ4n) is 3.72. The molecule has 33 heavy (non-hydrogen) atoms. The van der Waals surface area contributed by atoms with Gasteiger partial charge in [0.25, 0.3) is 5.91 Å². The second kappa shape index (κ2) is 11.4. The summed E-state index contributed by atoms with van der Waals surface area (Å²) in [6.45, 7) is 4.49. The Morgan fingerprint density at radius 1 is 1.06 bits per heavy atom. The zero-order valence-corrected chi connectivity index (χ0v) is 20.6. The molecule has 0 atom stereocenters. The number of alkyl halides is 2. The van der Waals surface area contributed by atoms with E-state index in [2.05, 4.69) is 11.1 Å². The van der Waals surface area contributed by atoms with Crippen LogP contribution in [0.2, 0.25) is 0 Å². The molecule has 6 nitrogen and oxygen atoms in total. The van der Waals surface area contributed by atoms with E-state index in [1.807, 2.05) is 62.5 Å². The summed E-state index contributed by atoms with van der Waals surface area (Å²) in [6, 6.07) is 15.5. The summed E-state index contributed by atoms with van der Waals surface area (Å²) in [6.07, 6.45) is 2.66. The van der Waals surface area contributed by atoms with Crippen LogP contribution in [0.3, 0.4) is 0 Å². The summed E-state index contributed by atoms with van der Waals surface area (Å²) in [7, 11) is 1.62. The Hall–Kier alpha value is -2.70. The van der Waals surface area contributed by atoms with E-state index in [1.54, 1.807) is 12.0 Å². The van der Waals surface area contributed by atoms with Crippen molar-refractivity contribution in [2.24, 2.45) is 0 Å². The smallest absolute Gasteiger partial charge is 0.256 e. The lowest BCUT2D eigenvalue weighted by molar-refractivity contribution is -0.141. The van der Waals surface area contributed by atoms with Crippen molar-refractivity contribution < 1.29 is 14.3 Å². The van der Waals surface area contributed by atoms with Gasteiger partial charge in [-0.05, 0) is 49.6 Å². The Morgan fingerprint density at radius 3 is 2.39 bits per heavy atom. The first-order valence-electron chi connectivity index (χ1n) is 10.8. The number of benzene rings is 2. The first-order chi connectivity index (χ1) is 15.8. The van der Waals surface area contributed by atoms with Crippen molar-refractivity contribution in [3.8, 4) is 5.75 Å². The highest BCUT2D eigenvalue weighted by Gasteiger charge is 2.27. The minimum absolute atomic E-state index is 0.0868. The molecule has 2 amide bonds. The average Bonchev–Trinajstić information content (AvgIpc) is 3.22. The van der Waals surface area contributed by atoms with Gasteiger partial charge in [0.1, 0.15) is 12.3 Å². The predicted octanol–water partition coefficient (Wildman–Crippen LogP) is 4.79. The first-order valence-corrected chi connectivity index (χ1v) is 11.7. The van der Waals surface area contributed by atoms with E-state index < -0.39 is 10.7 Å². The fourth-order valence-corrected chi connectivity index (χ4v) is 3.97. The summed E-state index contributed by atoms with van der Waals surface area (Å²) < 4.78 is 5.23. The Bertz CT molecular complexity index is 1080. The van der Waals surface area contributed by atoms with Crippen LogP contribution >= 0.6 is 23.2 Å². The number of amides is 2. The van der Waals surface area contributed by atoms with E-state index in [-0.39, 0.29) is 18.5 Å². The number of carbonyl (C=O) groups excluding carboxylic acids is 2. The average molecular weight is 490 g/mol. The molecule has 0 spiro atoms. The maximum Gasteiger partial charge on any atom is 0.256 e. The molecule has 0 fully saturated rings. The van der Waals surface area contributed by atoms with Crippen molar-refractivity contribution in [3.05, 3.63) is 65.9 Å². The Labute approximate surface area is 204 Å². The van der Waals surface area contributed by atoms with E-state index in [0.29, 0.717) is 19.5 Å². The van der Waals surface area contributed by atoms with Gasteiger partial charge in [-0.1, -0.05) is 53.5 Å². The van der Waals surface area contributed by atoms with E-state index in [4.69, 9.17) is 27.9 Å². The molecule has 2 aromatic carbocycles. The zero-order valence-electron chi connectivity index (χ0n) is 19.1. The van der Waals surface area contributed by atoms with E-state index in [9.17, 15) is 9.59 Å². The summed E-state index contributed by atoms with van der Waals surface area (Å²) in [5.74, 6) is 0.117. The van der Waals surface area contributed by atoms with Crippen LogP contribution in [0, 0.1) is 0 Å². The van der Waals surface area contributed by atoms with Crippen LogP contribution in [0.5, 0.6) is 5.75 Å². The fraction of sp³-hybridized carbons (Fsp3) is 0.360. The third-order valence-corrected chi connectivity index (χ3v) is 5.98. The van der Waals surface area contributed by atoms with Gasteiger partial charge in [0.15, 0.2) is 4.84 Å². The maximum absolute atomic E-state index is 13.3. The number of carbonyl (C=O) groups is 2. The number of methoxy groups -OCH3 is 1. The number of hydrogen-bond acceptors (Lipinski definition) is 3. The molecule has 0 aliphatic heterocycles. The van der Waals surface area contributed by atoms with Gasteiger partial charge in [0, 0.05) is 36.2 Å². The molecule has 0 radical (unpaired) electrons. The molecule has 8 heteroatoms. The summed E-state index contributed by atoms with van der Waals surface area (Å²) in [4.78, 5) is 31.0. The molecule has 0 bridgehead atoms. The van der Waals surface area contributed by atoms with Gasteiger partial charge >= 0.3 is 0 Å². The van der Waals surface area contributed by atoms with Gasteiger partial charge in [0.05, 0.1) is 7.11 Å². The van der Waals surface area contributed by atoms with Crippen molar-refractivity contribution >= 4 is 45.9 Å². The SMILES string of the molecule is COc1ccc(CN(CCc2c[nH]c3ccccc23)C(=O)CN(C(=O)C(Cl)Cl)C(C)C)cc1. The van der Waals surface area contributed by atoms with Crippen molar-refractivity contribution in [1.29, 1.82) is 0 Å². The van der Waals surface area contributed by atoms with Crippen LogP contribution < -0.4 is 4.74 Å². The number of H-pyrrole nitrogens is 1. The number of nitrogens with one attached hydrogen (secondary N) is 1. The van der Waals surface area contributed by atoms with Crippen LogP contribution in [0.1, 0.15) is 25.0 Å². The molecule has 3 aromatic rings. The van der Waals surface area contributed by atoms with Crippen LogP contribution in [-0.2, 0) is 22.6 Å². The highest BCUT2D eigenvalue weighted by molar-refractivity contribution is 6.53. The number of hydrogen-bond donors (Lipinski definition) is 1.